The second-order valence-electron chi connectivity index (χ2n) is 7.10. The molecule has 0 bridgehead atoms. The van der Waals surface area contributed by atoms with E-state index in [0.717, 1.165) is 22.9 Å². The normalized spacial score (nSPS) is 16.4. The summed E-state index contributed by atoms with van der Waals surface area (Å²) in [5, 5.41) is 4.14. The van der Waals surface area contributed by atoms with Crippen LogP contribution in [0.2, 0.25) is 0 Å². The Labute approximate surface area is 183 Å². The third-order valence-corrected chi connectivity index (χ3v) is 5.94. The summed E-state index contributed by atoms with van der Waals surface area (Å²) >= 11 is 3.47. The minimum Gasteiger partial charge on any atom is -0.493 e. The van der Waals surface area contributed by atoms with Crippen molar-refractivity contribution in [2.45, 2.75) is 18.8 Å². The molecule has 1 atom stereocenters. The monoisotopic (exact) mass is 471 g/mol. The molecule has 2 heterocycles. The molecule has 0 saturated carbocycles. The molecular formula is C22H22BrN3O4. The molecule has 4 rings (SSSR count). The summed E-state index contributed by atoms with van der Waals surface area (Å²) in [6.07, 6.45) is 1.78. The first kappa shape index (κ1) is 20.4. The van der Waals surface area contributed by atoms with Crippen LogP contribution < -0.4 is 9.47 Å². The van der Waals surface area contributed by atoms with Crippen LogP contribution in [-0.4, -0.2) is 48.3 Å². The van der Waals surface area contributed by atoms with Crippen molar-refractivity contribution in [2.75, 3.05) is 27.3 Å². The minimum absolute atomic E-state index is 0.00609. The molecule has 1 amide bonds. The third-order valence-electron chi connectivity index (χ3n) is 5.25. The van der Waals surface area contributed by atoms with Crippen LogP contribution in [0.3, 0.4) is 0 Å². The molecule has 1 saturated heterocycles. The molecule has 8 heteroatoms. The van der Waals surface area contributed by atoms with E-state index in [1.54, 1.807) is 14.2 Å². The molecule has 3 aromatic rings. The zero-order valence-electron chi connectivity index (χ0n) is 16.8. The number of hydrogen-bond acceptors (Lipinski definition) is 6. The highest BCUT2D eigenvalue weighted by Crippen LogP contribution is 2.33. The fraction of sp³-hybridized carbons (Fsp3) is 0.318. The number of hydrogen-bond donors (Lipinski definition) is 0. The summed E-state index contributed by atoms with van der Waals surface area (Å²) in [7, 11) is 3.18. The third kappa shape index (κ3) is 4.05. The van der Waals surface area contributed by atoms with Crippen LogP contribution in [0.1, 0.15) is 35.0 Å². The van der Waals surface area contributed by atoms with E-state index in [4.69, 9.17) is 14.0 Å². The van der Waals surface area contributed by atoms with Crippen molar-refractivity contribution >= 4 is 21.8 Å². The van der Waals surface area contributed by atoms with Crippen molar-refractivity contribution in [3.8, 4) is 22.9 Å². The lowest BCUT2D eigenvalue weighted by atomic mass is 9.97. The fourth-order valence-corrected chi connectivity index (χ4v) is 4.12. The van der Waals surface area contributed by atoms with Gasteiger partial charge in [-0.2, -0.15) is 4.98 Å². The van der Waals surface area contributed by atoms with Gasteiger partial charge in [0, 0.05) is 23.1 Å². The zero-order valence-corrected chi connectivity index (χ0v) is 18.4. The van der Waals surface area contributed by atoms with Gasteiger partial charge in [-0.05, 0) is 59.1 Å². The highest BCUT2D eigenvalue weighted by molar-refractivity contribution is 9.10. The lowest BCUT2D eigenvalue weighted by molar-refractivity contribution is 0.0694. The van der Waals surface area contributed by atoms with Crippen molar-refractivity contribution in [1.29, 1.82) is 0 Å². The van der Waals surface area contributed by atoms with Crippen LogP contribution >= 0.6 is 15.9 Å². The summed E-state index contributed by atoms with van der Waals surface area (Å²) in [4.78, 5) is 19.4. The summed E-state index contributed by atoms with van der Waals surface area (Å²) < 4.78 is 17.0. The molecule has 2 aromatic carbocycles. The lowest BCUT2D eigenvalue weighted by Gasteiger charge is -2.31. The molecule has 30 heavy (non-hydrogen) atoms. The van der Waals surface area contributed by atoms with Gasteiger partial charge in [0.1, 0.15) is 0 Å². The van der Waals surface area contributed by atoms with Gasteiger partial charge in [0.05, 0.1) is 25.7 Å². The van der Waals surface area contributed by atoms with Crippen molar-refractivity contribution in [1.82, 2.24) is 15.0 Å². The Hall–Kier alpha value is -2.87. The highest BCUT2D eigenvalue weighted by atomic mass is 79.9. The van der Waals surface area contributed by atoms with Crippen LogP contribution in [0.5, 0.6) is 11.5 Å². The van der Waals surface area contributed by atoms with Gasteiger partial charge in [-0.15, -0.1) is 0 Å². The highest BCUT2D eigenvalue weighted by Gasteiger charge is 2.30. The van der Waals surface area contributed by atoms with E-state index in [1.165, 1.54) is 0 Å². The molecule has 1 fully saturated rings. The molecule has 156 valence electrons. The fourth-order valence-electron chi connectivity index (χ4n) is 3.66. The number of likely N-dealkylation sites (tertiary alicyclic amines) is 1. The molecular weight excluding hydrogens is 450 g/mol. The Bertz CT molecular complexity index is 1050. The number of methoxy groups -OCH3 is 2. The number of nitrogens with zero attached hydrogens (tertiary/aromatic N) is 3. The standard InChI is InChI=1S/C22H22BrN3O4/c1-28-18-10-9-14(12-19(18)29-2)20-24-21(30-25-20)15-6-5-11-26(13-15)22(27)16-7-3-4-8-17(16)23/h3-4,7-10,12,15H,5-6,11,13H2,1-2H3. The maximum atomic E-state index is 13.0. The molecule has 0 N–H and O–H groups in total. The molecule has 0 spiro atoms. The van der Waals surface area contributed by atoms with E-state index >= 15 is 0 Å². The van der Waals surface area contributed by atoms with Crippen LogP contribution in [0.15, 0.2) is 51.5 Å². The quantitative estimate of drug-likeness (QED) is 0.543. The topological polar surface area (TPSA) is 77.7 Å². The lowest BCUT2D eigenvalue weighted by Crippen LogP contribution is -2.39. The van der Waals surface area contributed by atoms with Gasteiger partial charge < -0.3 is 18.9 Å². The van der Waals surface area contributed by atoms with Gasteiger partial charge in [0.2, 0.25) is 11.7 Å². The number of aromatic nitrogens is 2. The molecule has 1 aliphatic heterocycles. The number of carbonyl (C=O) groups is 1. The molecule has 1 unspecified atom stereocenters. The van der Waals surface area contributed by atoms with Gasteiger partial charge in [-0.1, -0.05) is 17.3 Å². The Morgan fingerprint density at radius 1 is 1.17 bits per heavy atom. The van der Waals surface area contributed by atoms with Gasteiger partial charge in [0.25, 0.3) is 5.91 Å². The molecule has 7 nitrogen and oxygen atoms in total. The number of carbonyl (C=O) groups excluding carboxylic acids is 1. The SMILES string of the molecule is COc1ccc(-c2noc(C3CCCN(C(=O)c4ccccc4Br)C3)n2)cc1OC. The van der Waals surface area contributed by atoms with Crippen molar-refractivity contribution in [3.05, 3.63) is 58.4 Å². The second kappa shape index (κ2) is 8.87. The maximum absolute atomic E-state index is 13.0. The molecule has 0 aliphatic carbocycles. The Kier molecular flexibility index (Phi) is 6.03. The summed E-state index contributed by atoms with van der Waals surface area (Å²) in [6, 6.07) is 13.0. The van der Waals surface area contributed by atoms with E-state index in [2.05, 4.69) is 26.1 Å². The first-order valence-electron chi connectivity index (χ1n) is 9.70. The Morgan fingerprint density at radius 2 is 1.97 bits per heavy atom. The maximum Gasteiger partial charge on any atom is 0.255 e. The first-order chi connectivity index (χ1) is 14.6. The van der Waals surface area contributed by atoms with E-state index in [0.29, 0.717) is 41.9 Å². The van der Waals surface area contributed by atoms with E-state index in [-0.39, 0.29) is 11.8 Å². The number of ether oxygens (including phenoxy) is 2. The van der Waals surface area contributed by atoms with Gasteiger partial charge in [-0.3, -0.25) is 4.79 Å². The average Bonchev–Trinajstić information content (AvgIpc) is 3.29. The minimum atomic E-state index is 0.00609. The van der Waals surface area contributed by atoms with Gasteiger partial charge in [0.15, 0.2) is 11.5 Å². The van der Waals surface area contributed by atoms with E-state index < -0.39 is 0 Å². The summed E-state index contributed by atoms with van der Waals surface area (Å²) in [6.45, 7) is 1.26. The predicted molar refractivity (Wildman–Crippen MR) is 115 cm³/mol. The summed E-state index contributed by atoms with van der Waals surface area (Å²) in [5.41, 5.74) is 1.44. The molecule has 1 aromatic heterocycles. The van der Waals surface area contributed by atoms with Crippen molar-refractivity contribution in [3.63, 3.8) is 0 Å². The van der Waals surface area contributed by atoms with Crippen molar-refractivity contribution in [2.24, 2.45) is 0 Å². The average molecular weight is 472 g/mol. The Morgan fingerprint density at radius 3 is 2.73 bits per heavy atom. The van der Waals surface area contributed by atoms with E-state index in [1.807, 2.05) is 47.4 Å². The second-order valence-corrected chi connectivity index (χ2v) is 7.95. The zero-order chi connectivity index (χ0) is 21.1. The smallest absolute Gasteiger partial charge is 0.255 e. The van der Waals surface area contributed by atoms with Gasteiger partial charge >= 0.3 is 0 Å². The number of piperidine rings is 1. The largest absolute Gasteiger partial charge is 0.493 e. The molecule has 1 aliphatic rings. The number of rotatable bonds is 5. The first-order valence-corrected chi connectivity index (χ1v) is 10.5. The summed E-state index contributed by atoms with van der Waals surface area (Å²) in [5.74, 6) is 2.28. The van der Waals surface area contributed by atoms with E-state index in [9.17, 15) is 4.79 Å². The Balaban J connectivity index is 1.52. The number of benzene rings is 2. The van der Waals surface area contributed by atoms with Crippen LogP contribution in [0.25, 0.3) is 11.4 Å². The predicted octanol–water partition coefficient (Wildman–Crippen LogP) is 4.54. The van der Waals surface area contributed by atoms with Crippen LogP contribution in [-0.2, 0) is 0 Å². The molecule has 0 radical (unpaired) electrons. The van der Waals surface area contributed by atoms with Gasteiger partial charge in [-0.25, -0.2) is 0 Å². The number of halogens is 1. The van der Waals surface area contributed by atoms with Crippen molar-refractivity contribution < 1.29 is 18.8 Å². The van der Waals surface area contributed by atoms with Crippen LogP contribution in [0.4, 0.5) is 0 Å². The number of amides is 1. The van der Waals surface area contributed by atoms with Crippen LogP contribution in [0, 0.1) is 0 Å².